The minimum absolute atomic E-state index is 0.342. The summed E-state index contributed by atoms with van der Waals surface area (Å²) in [7, 11) is 1.58. The van der Waals surface area contributed by atoms with Gasteiger partial charge in [0, 0.05) is 6.08 Å². The van der Waals surface area contributed by atoms with E-state index in [0.29, 0.717) is 22.6 Å². The zero-order valence-corrected chi connectivity index (χ0v) is 16.2. The number of esters is 1. The lowest BCUT2D eigenvalue weighted by molar-refractivity contribution is -0.128. The summed E-state index contributed by atoms with van der Waals surface area (Å²) in [5, 5.41) is 9.51. The number of rotatable bonds is 6. The molecule has 0 aliphatic heterocycles. The molecule has 5 heteroatoms. The lowest BCUT2D eigenvalue weighted by Crippen LogP contribution is -2.03. The summed E-state index contributed by atoms with van der Waals surface area (Å²) >= 11 is 0. The third-order valence-corrected chi connectivity index (χ3v) is 4.19. The standard InChI is InChI=1S/C25H18FNO3/c1-29-23-12-8-20(9-13-23)21(17-27)15-19-3-2-4-24(16-19)30-25(28)14-7-18-5-10-22(26)11-6-18/h2-16H,1H3/b14-7+,21-15-. The smallest absolute Gasteiger partial charge is 0.336 e. The van der Waals surface area contributed by atoms with Crippen molar-refractivity contribution in [1.82, 2.24) is 0 Å². The van der Waals surface area contributed by atoms with Gasteiger partial charge in [0.25, 0.3) is 0 Å². The Morgan fingerprint density at radius 2 is 1.70 bits per heavy atom. The molecule has 0 atom stereocenters. The van der Waals surface area contributed by atoms with Gasteiger partial charge in [-0.15, -0.1) is 0 Å². The molecule has 0 fully saturated rings. The third kappa shape index (κ3) is 5.66. The van der Waals surface area contributed by atoms with Gasteiger partial charge in [-0.05, 0) is 77.4 Å². The average Bonchev–Trinajstić information content (AvgIpc) is 2.77. The highest BCUT2D eigenvalue weighted by molar-refractivity contribution is 5.91. The van der Waals surface area contributed by atoms with E-state index in [2.05, 4.69) is 6.07 Å². The van der Waals surface area contributed by atoms with Crippen molar-refractivity contribution in [2.75, 3.05) is 7.11 Å². The molecule has 0 spiro atoms. The second-order valence-electron chi connectivity index (χ2n) is 6.28. The van der Waals surface area contributed by atoms with Crippen molar-refractivity contribution in [1.29, 1.82) is 5.26 Å². The quantitative estimate of drug-likeness (QED) is 0.180. The van der Waals surface area contributed by atoms with Crippen LogP contribution in [0.3, 0.4) is 0 Å². The fourth-order valence-electron chi connectivity index (χ4n) is 2.67. The predicted octanol–water partition coefficient (Wildman–Crippen LogP) is 5.52. The molecule has 4 nitrogen and oxygen atoms in total. The highest BCUT2D eigenvalue weighted by Crippen LogP contribution is 2.22. The van der Waals surface area contributed by atoms with Crippen LogP contribution in [0.15, 0.2) is 78.9 Å². The number of carbonyl (C=O) groups excluding carboxylic acids is 1. The van der Waals surface area contributed by atoms with E-state index in [9.17, 15) is 14.4 Å². The number of ether oxygens (including phenoxy) is 2. The summed E-state index contributed by atoms with van der Waals surface area (Å²) in [5.74, 6) is 0.158. The number of benzene rings is 3. The number of hydrogen-bond acceptors (Lipinski definition) is 4. The van der Waals surface area contributed by atoms with Gasteiger partial charge in [-0.1, -0.05) is 24.3 Å². The highest BCUT2D eigenvalue weighted by atomic mass is 19.1. The Balaban J connectivity index is 1.73. The molecular weight excluding hydrogens is 381 g/mol. The summed E-state index contributed by atoms with van der Waals surface area (Å²) in [6.45, 7) is 0. The Kier molecular flexibility index (Phi) is 6.75. The molecule has 0 saturated carbocycles. The maximum absolute atomic E-state index is 12.9. The number of methoxy groups -OCH3 is 1. The Morgan fingerprint density at radius 1 is 0.967 bits per heavy atom. The van der Waals surface area contributed by atoms with Crippen molar-refractivity contribution in [3.05, 3.63) is 101 Å². The van der Waals surface area contributed by atoms with Crippen LogP contribution in [0.1, 0.15) is 16.7 Å². The molecule has 0 aromatic heterocycles. The Labute approximate surface area is 174 Å². The summed E-state index contributed by atoms with van der Waals surface area (Å²) in [4.78, 5) is 12.1. The molecule has 0 heterocycles. The molecule has 0 aliphatic rings. The predicted molar refractivity (Wildman–Crippen MR) is 114 cm³/mol. The van der Waals surface area contributed by atoms with Crippen molar-refractivity contribution >= 4 is 23.7 Å². The Morgan fingerprint density at radius 3 is 2.37 bits per heavy atom. The molecule has 0 saturated heterocycles. The van der Waals surface area contributed by atoms with Gasteiger partial charge in [0.2, 0.25) is 0 Å². The van der Waals surface area contributed by atoms with Crippen LogP contribution in [0, 0.1) is 17.1 Å². The third-order valence-electron chi connectivity index (χ3n) is 4.19. The summed E-state index contributed by atoms with van der Waals surface area (Å²) in [6, 6.07) is 22.0. The summed E-state index contributed by atoms with van der Waals surface area (Å²) in [5.41, 5.74) is 2.62. The second-order valence-corrected chi connectivity index (χ2v) is 6.28. The van der Waals surface area contributed by atoms with Gasteiger partial charge in [-0.25, -0.2) is 9.18 Å². The first-order chi connectivity index (χ1) is 14.6. The van der Waals surface area contributed by atoms with Crippen molar-refractivity contribution in [3.8, 4) is 17.6 Å². The molecule has 3 aromatic rings. The van der Waals surface area contributed by atoms with Gasteiger partial charge in [-0.3, -0.25) is 0 Å². The van der Waals surface area contributed by atoms with E-state index in [1.54, 1.807) is 73.9 Å². The molecule has 0 N–H and O–H groups in total. The zero-order chi connectivity index (χ0) is 21.3. The number of nitrogens with zero attached hydrogens (tertiary/aromatic N) is 1. The van der Waals surface area contributed by atoms with Crippen molar-refractivity contribution in [2.24, 2.45) is 0 Å². The minimum Gasteiger partial charge on any atom is -0.497 e. The van der Waals surface area contributed by atoms with E-state index in [4.69, 9.17) is 9.47 Å². The number of halogens is 1. The fraction of sp³-hybridized carbons (Fsp3) is 0.0400. The first-order valence-corrected chi connectivity index (χ1v) is 9.09. The van der Waals surface area contributed by atoms with Gasteiger partial charge in [-0.2, -0.15) is 5.26 Å². The van der Waals surface area contributed by atoms with E-state index in [-0.39, 0.29) is 5.82 Å². The molecule has 0 unspecified atom stereocenters. The van der Waals surface area contributed by atoms with Crippen molar-refractivity contribution in [2.45, 2.75) is 0 Å². The molecule has 3 rings (SSSR count). The van der Waals surface area contributed by atoms with Gasteiger partial charge in [0.05, 0.1) is 18.8 Å². The molecule has 0 amide bonds. The molecular formula is C25H18FNO3. The fourth-order valence-corrected chi connectivity index (χ4v) is 2.67. The molecule has 0 bridgehead atoms. The summed E-state index contributed by atoms with van der Waals surface area (Å²) < 4.78 is 23.4. The first-order valence-electron chi connectivity index (χ1n) is 9.09. The number of nitriles is 1. The number of allylic oxidation sites excluding steroid dienone is 1. The van der Waals surface area contributed by atoms with Crippen LogP contribution in [0.2, 0.25) is 0 Å². The Hall–Kier alpha value is -4.17. The Bertz CT molecular complexity index is 1120. The monoisotopic (exact) mass is 399 g/mol. The molecule has 0 aliphatic carbocycles. The zero-order valence-electron chi connectivity index (χ0n) is 16.2. The van der Waals surface area contributed by atoms with E-state index >= 15 is 0 Å². The molecule has 30 heavy (non-hydrogen) atoms. The number of carbonyl (C=O) groups is 1. The molecule has 3 aromatic carbocycles. The van der Waals surface area contributed by atoms with Gasteiger partial charge in [0.1, 0.15) is 17.3 Å². The highest BCUT2D eigenvalue weighted by Gasteiger charge is 2.05. The lowest BCUT2D eigenvalue weighted by atomic mass is 10.0. The van der Waals surface area contributed by atoms with Gasteiger partial charge < -0.3 is 9.47 Å². The van der Waals surface area contributed by atoms with Crippen LogP contribution in [-0.2, 0) is 4.79 Å². The largest absolute Gasteiger partial charge is 0.497 e. The van der Waals surface area contributed by atoms with Crippen LogP contribution in [0.5, 0.6) is 11.5 Å². The maximum atomic E-state index is 12.9. The van der Waals surface area contributed by atoms with Crippen LogP contribution < -0.4 is 9.47 Å². The average molecular weight is 399 g/mol. The minimum atomic E-state index is -0.559. The lowest BCUT2D eigenvalue weighted by Gasteiger charge is -2.05. The SMILES string of the molecule is COc1ccc(/C(C#N)=C\c2cccc(OC(=O)/C=C/c3ccc(F)cc3)c2)cc1. The van der Waals surface area contributed by atoms with E-state index in [1.807, 2.05) is 6.07 Å². The van der Waals surface area contributed by atoms with Crippen LogP contribution >= 0.6 is 0 Å². The van der Waals surface area contributed by atoms with Crippen LogP contribution in [0.4, 0.5) is 4.39 Å². The normalized spacial score (nSPS) is 11.2. The van der Waals surface area contributed by atoms with Gasteiger partial charge >= 0.3 is 5.97 Å². The topological polar surface area (TPSA) is 59.3 Å². The second kappa shape index (κ2) is 9.85. The molecule has 148 valence electrons. The van der Waals surface area contributed by atoms with E-state index in [1.165, 1.54) is 18.2 Å². The summed E-state index contributed by atoms with van der Waals surface area (Å²) in [6.07, 6.45) is 4.53. The maximum Gasteiger partial charge on any atom is 0.336 e. The number of hydrogen-bond donors (Lipinski definition) is 0. The van der Waals surface area contributed by atoms with Crippen LogP contribution in [0.25, 0.3) is 17.7 Å². The van der Waals surface area contributed by atoms with E-state index in [0.717, 1.165) is 11.1 Å². The van der Waals surface area contributed by atoms with Gasteiger partial charge in [0.15, 0.2) is 0 Å². The molecule has 0 radical (unpaired) electrons. The first kappa shape index (κ1) is 20.6. The van der Waals surface area contributed by atoms with Crippen molar-refractivity contribution < 1.29 is 18.7 Å². The van der Waals surface area contributed by atoms with Crippen molar-refractivity contribution in [3.63, 3.8) is 0 Å². The van der Waals surface area contributed by atoms with Crippen LogP contribution in [-0.4, -0.2) is 13.1 Å². The van der Waals surface area contributed by atoms with E-state index < -0.39 is 5.97 Å².